The number of carbonyl (C=O) groups is 1. The first-order valence-electron chi connectivity index (χ1n) is 6.40. The fraction of sp³-hybridized carbons (Fsp3) is 0.200. The van der Waals surface area contributed by atoms with Crippen molar-refractivity contribution < 1.29 is 13.7 Å². The molecule has 1 aromatic carbocycles. The quantitative estimate of drug-likeness (QED) is 0.791. The van der Waals surface area contributed by atoms with Gasteiger partial charge in [0, 0.05) is 5.39 Å². The van der Waals surface area contributed by atoms with Gasteiger partial charge in [-0.25, -0.2) is 0 Å². The average molecular weight is 270 g/mol. The molecule has 20 heavy (non-hydrogen) atoms. The van der Waals surface area contributed by atoms with Gasteiger partial charge in [0.05, 0.1) is 18.7 Å². The Morgan fingerprint density at radius 1 is 1.30 bits per heavy atom. The maximum atomic E-state index is 12.0. The van der Waals surface area contributed by atoms with Crippen LogP contribution in [0.2, 0.25) is 0 Å². The Bertz CT molecular complexity index is 716. The summed E-state index contributed by atoms with van der Waals surface area (Å²) in [6.07, 6.45) is 1.77. The minimum Gasteiger partial charge on any atom is -0.467 e. The van der Waals surface area contributed by atoms with Crippen LogP contribution in [0.4, 0.5) is 0 Å². The normalized spacial score (nSPS) is 12.4. The maximum absolute atomic E-state index is 12.0. The van der Waals surface area contributed by atoms with E-state index in [1.165, 1.54) is 0 Å². The fourth-order valence-electron chi connectivity index (χ4n) is 2.12. The number of carbonyl (C=O) groups excluding carboxylic acids is 1. The van der Waals surface area contributed by atoms with E-state index in [0.717, 1.165) is 11.1 Å². The van der Waals surface area contributed by atoms with Crippen molar-refractivity contribution in [3.05, 3.63) is 54.1 Å². The van der Waals surface area contributed by atoms with Crippen molar-refractivity contribution in [1.29, 1.82) is 0 Å². The monoisotopic (exact) mass is 270 g/mol. The molecule has 0 unspecified atom stereocenters. The molecule has 0 aliphatic carbocycles. The SMILES string of the molecule is C[C@@H](NC(=O)Cc1noc2ccccc12)c1ccco1. The second-order valence-electron chi connectivity index (χ2n) is 4.61. The van der Waals surface area contributed by atoms with Crippen molar-refractivity contribution in [3.63, 3.8) is 0 Å². The van der Waals surface area contributed by atoms with Crippen LogP contribution in [-0.2, 0) is 11.2 Å². The molecule has 0 saturated carbocycles. The molecule has 1 N–H and O–H groups in total. The molecular weight excluding hydrogens is 256 g/mol. The molecule has 3 rings (SSSR count). The van der Waals surface area contributed by atoms with Gasteiger partial charge in [0.25, 0.3) is 0 Å². The van der Waals surface area contributed by atoms with Gasteiger partial charge >= 0.3 is 0 Å². The van der Waals surface area contributed by atoms with Crippen LogP contribution in [0, 0.1) is 0 Å². The van der Waals surface area contributed by atoms with Crippen LogP contribution in [0.25, 0.3) is 11.0 Å². The highest BCUT2D eigenvalue weighted by atomic mass is 16.5. The minimum atomic E-state index is -0.171. The molecule has 2 heterocycles. The zero-order valence-corrected chi connectivity index (χ0v) is 11.0. The Labute approximate surface area is 115 Å². The lowest BCUT2D eigenvalue weighted by Crippen LogP contribution is -2.28. The number of hydrogen-bond donors (Lipinski definition) is 1. The Morgan fingerprint density at radius 3 is 2.95 bits per heavy atom. The van der Waals surface area contributed by atoms with Gasteiger partial charge in [-0.3, -0.25) is 4.79 Å². The second-order valence-corrected chi connectivity index (χ2v) is 4.61. The molecule has 5 nitrogen and oxygen atoms in total. The topological polar surface area (TPSA) is 68.3 Å². The summed E-state index contributed by atoms with van der Waals surface area (Å²) in [7, 11) is 0. The van der Waals surface area contributed by atoms with E-state index >= 15 is 0 Å². The molecule has 1 amide bonds. The summed E-state index contributed by atoms with van der Waals surface area (Å²) in [4.78, 5) is 12.0. The third-order valence-corrected chi connectivity index (χ3v) is 3.13. The molecule has 2 aromatic heterocycles. The summed E-state index contributed by atoms with van der Waals surface area (Å²) < 4.78 is 10.4. The number of nitrogens with zero attached hydrogens (tertiary/aromatic N) is 1. The minimum absolute atomic E-state index is 0.118. The number of hydrogen-bond acceptors (Lipinski definition) is 4. The van der Waals surface area contributed by atoms with Crippen molar-refractivity contribution in [2.75, 3.05) is 0 Å². The number of aromatic nitrogens is 1. The van der Waals surface area contributed by atoms with E-state index in [1.807, 2.05) is 37.3 Å². The average Bonchev–Trinajstić information content (AvgIpc) is 3.09. The van der Waals surface area contributed by atoms with Crippen molar-refractivity contribution in [2.24, 2.45) is 0 Å². The van der Waals surface area contributed by atoms with Gasteiger partial charge in [-0.15, -0.1) is 0 Å². The second kappa shape index (κ2) is 5.21. The van der Waals surface area contributed by atoms with Gasteiger partial charge in [-0.1, -0.05) is 17.3 Å². The Hall–Kier alpha value is -2.56. The van der Waals surface area contributed by atoms with Crippen LogP contribution >= 0.6 is 0 Å². The van der Waals surface area contributed by atoms with Gasteiger partial charge in [0.1, 0.15) is 11.5 Å². The smallest absolute Gasteiger partial charge is 0.226 e. The Balaban J connectivity index is 1.70. The highest BCUT2D eigenvalue weighted by Crippen LogP contribution is 2.18. The number of fused-ring (bicyclic) bond motifs is 1. The standard InChI is InChI=1S/C15H14N2O3/c1-10(13-7-4-8-19-13)16-15(18)9-12-11-5-2-3-6-14(11)20-17-12/h2-8,10H,9H2,1H3,(H,16,18)/t10-/m1/s1. The molecule has 0 aliphatic heterocycles. The number of benzene rings is 1. The highest BCUT2D eigenvalue weighted by molar-refractivity contribution is 5.86. The summed E-state index contributed by atoms with van der Waals surface area (Å²) in [5.41, 5.74) is 1.33. The highest BCUT2D eigenvalue weighted by Gasteiger charge is 2.15. The van der Waals surface area contributed by atoms with Crippen LogP contribution in [-0.4, -0.2) is 11.1 Å². The van der Waals surface area contributed by atoms with Crippen LogP contribution in [0.15, 0.2) is 51.6 Å². The summed E-state index contributed by atoms with van der Waals surface area (Å²) >= 11 is 0. The summed E-state index contributed by atoms with van der Waals surface area (Å²) in [5, 5.41) is 7.69. The summed E-state index contributed by atoms with van der Waals surface area (Å²) in [6.45, 7) is 1.87. The maximum Gasteiger partial charge on any atom is 0.226 e. The lowest BCUT2D eigenvalue weighted by atomic mass is 10.1. The number of amides is 1. The molecule has 5 heteroatoms. The summed E-state index contributed by atoms with van der Waals surface area (Å²) in [5.74, 6) is 0.608. The van der Waals surface area contributed by atoms with E-state index in [1.54, 1.807) is 12.3 Å². The summed E-state index contributed by atoms with van der Waals surface area (Å²) in [6, 6.07) is 10.9. The zero-order chi connectivity index (χ0) is 13.9. The number of furan rings is 1. The predicted molar refractivity (Wildman–Crippen MR) is 73.0 cm³/mol. The molecule has 0 saturated heterocycles. The van der Waals surface area contributed by atoms with Crippen LogP contribution in [0.3, 0.4) is 0 Å². The third-order valence-electron chi connectivity index (χ3n) is 3.13. The molecule has 0 fully saturated rings. The molecule has 0 aliphatic rings. The molecule has 1 atom stereocenters. The van der Waals surface area contributed by atoms with Crippen LogP contribution in [0.1, 0.15) is 24.4 Å². The Morgan fingerprint density at radius 2 is 2.15 bits per heavy atom. The lowest BCUT2D eigenvalue weighted by Gasteiger charge is -2.10. The van der Waals surface area contributed by atoms with E-state index in [0.29, 0.717) is 11.3 Å². The molecule has 0 radical (unpaired) electrons. The third kappa shape index (κ3) is 2.42. The van der Waals surface area contributed by atoms with Crippen LogP contribution < -0.4 is 5.32 Å². The fourth-order valence-corrected chi connectivity index (χ4v) is 2.12. The first-order chi connectivity index (χ1) is 9.74. The van der Waals surface area contributed by atoms with Crippen molar-refractivity contribution in [2.45, 2.75) is 19.4 Å². The number of para-hydroxylation sites is 1. The molecule has 102 valence electrons. The van der Waals surface area contributed by atoms with Gasteiger partial charge in [0.2, 0.25) is 5.91 Å². The number of nitrogens with one attached hydrogen (secondary N) is 1. The van der Waals surface area contributed by atoms with E-state index < -0.39 is 0 Å². The molecule has 3 aromatic rings. The van der Waals surface area contributed by atoms with Crippen molar-refractivity contribution >= 4 is 16.9 Å². The van der Waals surface area contributed by atoms with E-state index in [2.05, 4.69) is 10.5 Å². The van der Waals surface area contributed by atoms with Crippen molar-refractivity contribution in [1.82, 2.24) is 10.5 Å². The predicted octanol–water partition coefficient (Wildman–Crippen LogP) is 2.84. The molecule has 0 spiro atoms. The van der Waals surface area contributed by atoms with Crippen LogP contribution in [0.5, 0.6) is 0 Å². The number of rotatable bonds is 4. The molecule has 0 bridgehead atoms. The van der Waals surface area contributed by atoms with Gasteiger partial charge < -0.3 is 14.3 Å². The van der Waals surface area contributed by atoms with E-state index in [4.69, 9.17) is 8.94 Å². The first kappa shape index (κ1) is 12.5. The van der Waals surface area contributed by atoms with E-state index in [9.17, 15) is 4.79 Å². The Kier molecular flexibility index (Phi) is 3.25. The molecular formula is C15H14N2O3. The zero-order valence-electron chi connectivity index (χ0n) is 11.0. The van der Waals surface area contributed by atoms with Crippen molar-refractivity contribution in [3.8, 4) is 0 Å². The first-order valence-corrected chi connectivity index (χ1v) is 6.40. The van der Waals surface area contributed by atoms with E-state index in [-0.39, 0.29) is 18.4 Å². The largest absolute Gasteiger partial charge is 0.467 e. The van der Waals surface area contributed by atoms with Gasteiger partial charge in [0.15, 0.2) is 5.58 Å². The van der Waals surface area contributed by atoms with Gasteiger partial charge in [-0.2, -0.15) is 0 Å². The van der Waals surface area contributed by atoms with Gasteiger partial charge in [-0.05, 0) is 31.2 Å². The lowest BCUT2D eigenvalue weighted by molar-refractivity contribution is -0.121.